The third-order valence-electron chi connectivity index (χ3n) is 6.98. The van der Waals surface area contributed by atoms with Crippen molar-refractivity contribution in [3.8, 4) is 5.88 Å². The second-order valence-corrected chi connectivity index (χ2v) is 9.50. The predicted molar refractivity (Wildman–Crippen MR) is 122 cm³/mol. The summed E-state index contributed by atoms with van der Waals surface area (Å²) in [6, 6.07) is 4.60. The lowest BCUT2D eigenvalue weighted by molar-refractivity contribution is -0.276. The molecule has 1 unspecified atom stereocenters. The number of rotatable bonds is 6. The van der Waals surface area contributed by atoms with Gasteiger partial charge < -0.3 is 19.7 Å². The van der Waals surface area contributed by atoms with Crippen molar-refractivity contribution in [2.75, 3.05) is 0 Å². The summed E-state index contributed by atoms with van der Waals surface area (Å²) in [5, 5.41) is 4.76. The van der Waals surface area contributed by atoms with Crippen LogP contribution < -0.4 is 15.4 Å². The molecule has 3 heterocycles. The molecule has 10 nitrogen and oxygen atoms in total. The van der Waals surface area contributed by atoms with Crippen molar-refractivity contribution in [2.24, 2.45) is 0 Å². The zero-order valence-corrected chi connectivity index (χ0v) is 20.2. The van der Waals surface area contributed by atoms with Crippen LogP contribution in [0.25, 0.3) is 0 Å². The first-order chi connectivity index (χ1) is 18.5. The van der Waals surface area contributed by atoms with Crippen LogP contribution in [-0.2, 0) is 27.5 Å². The first kappa shape index (κ1) is 26.4. The SMILES string of the molecule is O=C1CCC(N2Cc3ccc(COC(=O)NC4CC(c5cccnc5OC(F)(F)F)C4)c(F)c3C2=O)C(=O)N1. The number of nitrogens with zero attached hydrogens (tertiary/aromatic N) is 2. The van der Waals surface area contributed by atoms with Gasteiger partial charge in [-0.25, -0.2) is 14.2 Å². The number of halogens is 4. The lowest BCUT2D eigenvalue weighted by Crippen LogP contribution is -2.52. The number of benzene rings is 1. The molecule has 1 aliphatic carbocycles. The Morgan fingerprint density at radius 2 is 1.95 bits per heavy atom. The molecule has 2 N–H and O–H groups in total. The maximum atomic E-state index is 15.2. The molecule has 1 saturated carbocycles. The molecule has 206 valence electrons. The number of alkyl carbamates (subject to hydrolysis) is 1. The Hall–Kier alpha value is -4.23. The van der Waals surface area contributed by atoms with Gasteiger partial charge in [0, 0.05) is 36.3 Å². The minimum atomic E-state index is -4.88. The van der Waals surface area contributed by atoms with Crippen LogP contribution in [0.15, 0.2) is 30.5 Å². The average molecular weight is 550 g/mol. The summed E-state index contributed by atoms with van der Waals surface area (Å²) in [5.74, 6) is -3.44. The van der Waals surface area contributed by atoms with E-state index in [0.717, 1.165) is 0 Å². The van der Waals surface area contributed by atoms with Gasteiger partial charge in [-0.3, -0.25) is 19.7 Å². The van der Waals surface area contributed by atoms with Crippen molar-refractivity contribution in [3.63, 3.8) is 0 Å². The molecule has 1 aromatic carbocycles. The van der Waals surface area contributed by atoms with Gasteiger partial charge in [-0.15, -0.1) is 13.2 Å². The molecule has 4 amide bonds. The summed E-state index contributed by atoms with van der Waals surface area (Å²) >= 11 is 0. The van der Waals surface area contributed by atoms with Gasteiger partial charge >= 0.3 is 12.5 Å². The zero-order chi connectivity index (χ0) is 27.9. The summed E-state index contributed by atoms with van der Waals surface area (Å²) in [7, 11) is 0. The molecular formula is C25H22F4N4O6. The van der Waals surface area contributed by atoms with Gasteiger partial charge in [0.2, 0.25) is 17.7 Å². The van der Waals surface area contributed by atoms with Crippen molar-refractivity contribution in [2.45, 2.75) is 63.2 Å². The average Bonchev–Trinajstić information content (AvgIpc) is 3.17. The first-order valence-corrected chi connectivity index (χ1v) is 12.1. The second-order valence-electron chi connectivity index (χ2n) is 9.50. The van der Waals surface area contributed by atoms with Crippen LogP contribution in [0.1, 0.15) is 58.6 Å². The molecule has 1 atom stereocenters. The Balaban J connectivity index is 1.15. The molecule has 2 fully saturated rings. The Morgan fingerprint density at radius 3 is 2.67 bits per heavy atom. The first-order valence-electron chi connectivity index (χ1n) is 12.1. The standard InChI is InChI=1S/C25H22F4N4O6/c26-20-13(4-3-12-10-33(23(36)19(12)20)17-5-6-18(34)32-21(17)35)11-38-24(37)31-15-8-14(9-15)16-2-1-7-30-22(16)39-25(27,28)29/h1-4,7,14-15,17H,5-6,8-11H2,(H,31,37)(H,32,34,35). The maximum Gasteiger partial charge on any atom is 0.574 e. The van der Waals surface area contributed by atoms with Gasteiger partial charge in [-0.2, -0.15) is 0 Å². The van der Waals surface area contributed by atoms with Crippen LogP contribution in [-0.4, -0.2) is 52.1 Å². The highest BCUT2D eigenvalue weighted by molar-refractivity contribution is 6.05. The molecule has 1 saturated heterocycles. The third kappa shape index (κ3) is 5.49. The monoisotopic (exact) mass is 550 g/mol. The van der Waals surface area contributed by atoms with E-state index in [9.17, 15) is 32.3 Å². The minimum Gasteiger partial charge on any atom is -0.445 e. The molecule has 14 heteroatoms. The molecule has 3 aliphatic rings. The van der Waals surface area contributed by atoms with Crippen molar-refractivity contribution in [3.05, 3.63) is 58.5 Å². The van der Waals surface area contributed by atoms with E-state index in [1.165, 1.54) is 35.4 Å². The van der Waals surface area contributed by atoms with E-state index < -0.39 is 54.5 Å². The molecule has 0 spiro atoms. The van der Waals surface area contributed by atoms with Gasteiger partial charge in [-0.1, -0.05) is 18.2 Å². The van der Waals surface area contributed by atoms with Gasteiger partial charge in [0.05, 0.1) is 5.56 Å². The van der Waals surface area contributed by atoms with Crippen LogP contribution in [0.5, 0.6) is 5.88 Å². The number of ether oxygens (including phenoxy) is 2. The molecular weight excluding hydrogens is 528 g/mol. The molecule has 39 heavy (non-hydrogen) atoms. The van der Waals surface area contributed by atoms with Crippen molar-refractivity contribution < 1.29 is 46.2 Å². The van der Waals surface area contributed by atoms with Gasteiger partial charge in [0.15, 0.2) is 0 Å². The molecule has 2 aromatic rings. The number of nitrogens with one attached hydrogen (secondary N) is 2. The largest absolute Gasteiger partial charge is 0.574 e. The Bertz CT molecular complexity index is 1340. The Kier molecular flexibility index (Phi) is 6.87. The van der Waals surface area contributed by atoms with Crippen LogP contribution in [0.4, 0.5) is 22.4 Å². The molecule has 0 radical (unpaired) electrons. The highest BCUT2D eigenvalue weighted by Crippen LogP contribution is 2.41. The fourth-order valence-corrected chi connectivity index (χ4v) is 5.01. The Labute approximate surface area is 218 Å². The number of alkyl halides is 3. The fraction of sp³-hybridized carbons (Fsp3) is 0.400. The number of piperidine rings is 1. The third-order valence-corrected chi connectivity index (χ3v) is 6.98. The molecule has 0 bridgehead atoms. The summed E-state index contributed by atoms with van der Waals surface area (Å²) in [6.45, 7) is -0.465. The topological polar surface area (TPSA) is 127 Å². The quantitative estimate of drug-likeness (QED) is 0.418. The van der Waals surface area contributed by atoms with Gasteiger partial charge in [-0.05, 0) is 36.8 Å². The van der Waals surface area contributed by atoms with E-state index in [2.05, 4.69) is 20.4 Å². The van der Waals surface area contributed by atoms with E-state index in [1.807, 2.05) is 0 Å². The maximum absolute atomic E-state index is 15.2. The lowest BCUT2D eigenvalue weighted by Gasteiger charge is -2.36. The number of imide groups is 1. The normalized spacial score (nSPS) is 22.6. The molecule has 2 aliphatic heterocycles. The fourth-order valence-electron chi connectivity index (χ4n) is 5.01. The molecule has 5 rings (SSSR count). The second kappa shape index (κ2) is 10.2. The number of fused-ring (bicyclic) bond motifs is 1. The van der Waals surface area contributed by atoms with Crippen LogP contribution in [0.2, 0.25) is 0 Å². The van der Waals surface area contributed by atoms with Gasteiger partial charge in [0.1, 0.15) is 18.5 Å². The highest BCUT2D eigenvalue weighted by atomic mass is 19.4. The number of hydrogen-bond donors (Lipinski definition) is 2. The van der Waals surface area contributed by atoms with E-state index >= 15 is 4.39 Å². The lowest BCUT2D eigenvalue weighted by atomic mass is 9.76. The van der Waals surface area contributed by atoms with Crippen molar-refractivity contribution >= 4 is 23.8 Å². The van der Waals surface area contributed by atoms with E-state index in [4.69, 9.17) is 4.74 Å². The van der Waals surface area contributed by atoms with Crippen molar-refractivity contribution in [1.82, 2.24) is 20.5 Å². The number of carbonyl (C=O) groups is 4. The number of pyridine rings is 1. The number of amides is 4. The van der Waals surface area contributed by atoms with E-state index in [0.29, 0.717) is 18.4 Å². The summed E-state index contributed by atoms with van der Waals surface area (Å²) in [4.78, 5) is 53.6. The number of hydrogen-bond acceptors (Lipinski definition) is 7. The predicted octanol–water partition coefficient (Wildman–Crippen LogP) is 3.05. The van der Waals surface area contributed by atoms with E-state index in [-0.39, 0.29) is 48.0 Å². The van der Waals surface area contributed by atoms with Gasteiger partial charge in [0.25, 0.3) is 5.91 Å². The van der Waals surface area contributed by atoms with E-state index in [1.54, 1.807) is 0 Å². The molecule has 1 aromatic heterocycles. The Morgan fingerprint density at radius 1 is 1.18 bits per heavy atom. The van der Waals surface area contributed by atoms with Crippen LogP contribution in [0, 0.1) is 5.82 Å². The smallest absolute Gasteiger partial charge is 0.445 e. The minimum absolute atomic E-state index is 0.00843. The van der Waals surface area contributed by atoms with Crippen LogP contribution >= 0.6 is 0 Å². The number of aromatic nitrogens is 1. The number of carbonyl (C=O) groups excluding carboxylic acids is 4. The van der Waals surface area contributed by atoms with Crippen LogP contribution in [0.3, 0.4) is 0 Å². The summed E-state index contributed by atoms with van der Waals surface area (Å²) in [6.07, 6.45) is -3.68. The van der Waals surface area contributed by atoms with Crippen molar-refractivity contribution in [1.29, 1.82) is 0 Å². The highest BCUT2D eigenvalue weighted by Gasteiger charge is 2.41. The summed E-state index contributed by atoms with van der Waals surface area (Å²) < 4.78 is 62.2. The zero-order valence-electron chi connectivity index (χ0n) is 20.2. The summed E-state index contributed by atoms with van der Waals surface area (Å²) in [5.41, 5.74) is 0.396.